The summed E-state index contributed by atoms with van der Waals surface area (Å²) in [5.41, 5.74) is 0.702. The van der Waals surface area contributed by atoms with E-state index in [1.807, 2.05) is 17.5 Å². The van der Waals surface area contributed by atoms with Crippen LogP contribution in [0.1, 0.15) is 21.0 Å². The molecule has 3 heterocycles. The molecular formula is C18H16N2O6S2. The van der Waals surface area contributed by atoms with Crippen LogP contribution in [0.4, 0.5) is 0 Å². The summed E-state index contributed by atoms with van der Waals surface area (Å²) in [4.78, 5) is 13.1. The van der Waals surface area contributed by atoms with E-state index in [4.69, 9.17) is 13.9 Å². The van der Waals surface area contributed by atoms with Gasteiger partial charge in [-0.3, -0.25) is 4.79 Å². The van der Waals surface area contributed by atoms with Crippen molar-refractivity contribution in [3.63, 3.8) is 0 Å². The fourth-order valence-corrected chi connectivity index (χ4v) is 4.14. The molecule has 4 rings (SSSR count). The predicted octanol–water partition coefficient (Wildman–Crippen LogP) is 2.48. The van der Waals surface area contributed by atoms with E-state index in [1.165, 1.54) is 23.5 Å². The highest BCUT2D eigenvalue weighted by Gasteiger charge is 2.21. The van der Waals surface area contributed by atoms with E-state index in [0.717, 1.165) is 4.88 Å². The minimum atomic E-state index is -3.91. The summed E-state index contributed by atoms with van der Waals surface area (Å²) in [6, 6.07) is 11.5. The Morgan fingerprint density at radius 1 is 1.07 bits per heavy atom. The molecule has 0 aliphatic carbocycles. The maximum Gasteiger partial charge on any atom is 0.287 e. The summed E-state index contributed by atoms with van der Waals surface area (Å²) < 4.78 is 43.0. The molecule has 146 valence electrons. The normalized spacial score (nSPS) is 12.9. The van der Waals surface area contributed by atoms with E-state index >= 15 is 0 Å². The highest BCUT2D eigenvalue weighted by Crippen LogP contribution is 2.32. The molecule has 1 aliphatic rings. The lowest BCUT2D eigenvalue weighted by Gasteiger charge is -2.05. The average molecular weight is 420 g/mol. The number of furan rings is 1. The first-order valence-electron chi connectivity index (χ1n) is 8.30. The smallest absolute Gasteiger partial charge is 0.287 e. The molecule has 10 heteroatoms. The van der Waals surface area contributed by atoms with E-state index in [9.17, 15) is 13.2 Å². The van der Waals surface area contributed by atoms with Crippen molar-refractivity contribution in [1.29, 1.82) is 0 Å². The number of fused-ring (bicyclic) bond motifs is 1. The number of thiophene rings is 1. The van der Waals surface area contributed by atoms with Gasteiger partial charge in [-0.2, -0.15) is 0 Å². The van der Waals surface area contributed by atoms with Gasteiger partial charge in [0.1, 0.15) is 0 Å². The first-order chi connectivity index (χ1) is 13.5. The van der Waals surface area contributed by atoms with E-state index < -0.39 is 15.9 Å². The Labute approximate surface area is 165 Å². The van der Waals surface area contributed by atoms with Crippen molar-refractivity contribution in [3.8, 4) is 11.5 Å². The van der Waals surface area contributed by atoms with Gasteiger partial charge >= 0.3 is 0 Å². The lowest BCUT2D eigenvalue weighted by Crippen LogP contribution is -2.23. The van der Waals surface area contributed by atoms with Crippen LogP contribution in [0.5, 0.6) is 11.5 Å². The number of rotatable bonds is 7. The fourth-order valence-electron chi connectivity index (χ4n) is 2.55. The minimum absolute atomic E-state index is 0.0413. The zero-order valence-corrected chi connectivity index (χ0v) is 16.1. The third-order valence-electron chi connectivity index (χ3n) is 3.98. The Kier molecular flexibility index (Phi) is 5.07. The zero-order chi connectivity index (χ0) is 19.6. The molecule has 2 N–H and O–H groups in total. The Bertz CT molecular complexity index is 1090. The number of hydrogen-bond acceptors (Lipinski definition) is 7. The molecule has 1 aliphatic heterocycles. The molecule has 1 aromatic carbocycles. The van der Waals surface area contributed by atoms with E-state index in [-0.39, 0.29) is 24.2 Å². The fraction of sp³-hybridized carbons (Fsp3) is 0.167. The molecular weight excluding hydrogens is 404 g/mol. The summed E-state index contributed by atoms with van der Waals surface area (Å²) >= 11 is 1.51. The van der Waals surface area contributed by atoms with Crippen LogP contribution in [0, 0.1) is 0 Å². The Balaban J connectivity index is 1.38. The van der Waals surface area contributed by atoms with Gasteiger partial charge in [0.15, 0.2) is 17.3 Å². The van der Waals surface area contributed by atoms with Crippen molar-refractivity contribution in [2.24, 2.45) is 0 Å². The molecule has 0 spiro atoms. The van der Waals surface area contributed by atoms with Crippen LogP contribution in [0.3, 0.4) is 0 Å². The van der Waals surface area contributed by atoms with Crippen LogP contribution in [-0.4, -0.2) is 21.1 Å². The molecule has 1 amide bonds. The molecule has 0 saturated carbocycles. The summed E-state index contributed by atoms with van der Waals surface area (Å²) in [6.07, 6.45) is 0. The van der Waals surface area contributed by atoms with Gasteiger partial charge in [-0.25, -0.2) is 13.1 Å². The van der Waals surface area contributed by atoms with Gasteiger partial charge in [0.2, 0.25) is 11.9 Å². The van der Waals surface area contributed by atoms with Gasteiger partial charge in [0.25, 0.3) is 15.9 Å². The van der Waals surface area contributed by atoms with Crippen LogP contribution >= 0.6 is 11.3 Å². The van der Waals surface area contributed by atoms with Crippen molar-refractivity contribution in [2.75, 3.05) is 6.79 Å². The van der Waals surface area contributed by atoms with E-state index in [2.05, 4.69) is 10.0 Å². The molecule has 0 atom stereocenters. The first kappa shape index (κ1) is 18.5. The number of sulfonamides is 1. The van der Waals surface area contributed by atoms with Gasteiger partial charge in [-0.1, -0.05) is 12.1 Å². The van der Waals surface area contributed by atoms with Crippen LogP contribution in [0.25, 0.3) is 0 Å². The lowest BCUT2D eigenvalue weighted by atomic mass is 10.2. The van der Waals surface area contributed by atoms with Crippen molar-refractivity contribution in [1.82, 2.24) is 10.0 Å². The van der Waals surface area contributed by atoms with Gasteiger partial charge in [-0.05, 0) is 41.3 Å². The van der Waals surface area contributed by atoms with E-state index in [1.54, 1.807) is 18.2 Å². The number of nitrogens with one attached hydrogen (secondary N) is 2. The standard InChI is InChI=1S/C18H16N2O6S2/c21-18(19-10-13-2-1-7-27-13)15-5-6-17(26-15)28(22,23)20-9-12-3-4-14-16(8-12)25-11-24-14/h1-8,20H,9-11H2,(H,19,21). The topological polar surface area (TPSA) is 107 Å². The van der Waals surface area contributed by atoms with Gasteiger partial charge in [0.05, 0.1) is 6.54 Å². The second-order valence-corrected chi connectivity index (χ2v) is 8.62. The number of amides is 1. The van der Waals surface area contributed by atoms with E-state index in [0.29, 0.717) is 23.6 Å². The molecule has 8 nitrogen and oxygen atoms in total. The summed E-state index contributed by atoms with van der Waals surface area (Å²) in [6.45, 7) is 0.537. The number of hydrogen-bond donors (Lipinski definition) is 2. The van der Waals surface area contributed by atoms with Crippen molar-refractivity contribution >= 4 is 27.3 Å². The van der Waals surface area contributed by atoms with Crippen LogP contribution < -0.4 is 19.5 Å². The van der Waals surface area contributed by atoms with Crippen molar-refractivity contribution < 1.29 is 27.1 Å². The second-order valence-electron chi connectivity index (χ2n) is 5.89. The lowest BCUT2D eigenvalue weighted by molar-refractivity contribution is 0.0918. The quantitative estimate of drug-likeness (QED) is 0.608. The average Bonchev–Trinajstić information content (AvgIpc) is 3.45. The SMILES string of the molecule is O=C(NCc1cccs1)c1ccc(S(=O)(=O)NCc2ccc3c(c2)OCO3)o1. The number of carbonyl (C=O) groups is 1. The van der Waals surface area contributed by atoms with Crippen LogP contribution in [0.2, 0.25) is 0 Å². The predicted molar refractivity (Wildman–Crippen MR) is 101 cm³/mol. The number of benzene rings is 1. The molecule has 0 saturated heterocycles. The second kappa shape index (κ2) is 7.66. The van der Waals surface area contributed by atoms with Crippen LogP contribution in [-0.2, 0) is 23.1 Å². The van der Waals surface area contributed by atoms with Gasteiger partial charge in [0, 0.05) is 11.4 Å². The highest BCUT2D eigenvalue weighted by atomic mass is 32.2. The molecule has 0 bridgehead atoms. The van der Waals surface area contributed by atoms with Crippen molar-refractivity contribution in [2.45, 2.75) is 18.2 Å². The molecule has 0 radical (unpaired) electrons. The van der Waals surface area contributed by atoms with Crippen molar-refractivity contribution in [3.05, 3.63) is 64.0 Å². The highest BCUT2D eigenvalue weighted by molar-refractivity contribution is 7.89. The zero-order valence-electron chi connectivity index (χ0n) is 14.5. The third-order valence-corrected chi connectivity index (χ3v) is 6.13. The maximum absolute atomic E-state index is 12.4. The van der Waals surface area contributed by atoms with Crippen LogP contribution in [0.15, 0.2) is 57.4 Å². The molecule has 0 fully saturated rings. The number of carbonyl (C=O) groups excluding carboxylic acids is 1. The largest absolute Gasteiger partial charge is 0.454 e. The Morgan fingerprint density at radius 3 is 2.75 bits per heavy atom. The molecule has 3 aromatic rings. The molecule has 28 heavy (non-hydrogen) atoms. The number of ether oxygens (including phenoxy) is 2. The summed E-state index contributed by atoms with van der Waals surface area (Å²) in [5.74, 6) is 0.640. The summed E-state index contributed by atoms with van der Waals surface area (Å²) in [7, 11) is -3.91. The van der Waals surface area contributed by atoms with Gasteiger partial charge in [-0.15, -0.1) is 11.3 Å². The first-order valence-corrected chi connectivity index (χ1v) is 10.7. The molecule has 2 aromatic heterocycles. The van der Waals surface area contributed by atoms with Gasteiger partial charge < -0.3 is 19.2 Å². The Hall–Kier alpha value is -2.82. The third kappa shape index (κ3) is 4.03. The molecule has 0 unspecified atom stereocenters. The Morgan fingerprint density at radius 2 is 1.93 bits per heavy atom. The minimum Gasteiger partial charge on any atom is -0.454 e. The summed E-state index contributed by atoms with van der Waals surface area (Å²) in [5, 5.41) is 4.27. The monoisotopic (exact) mass is 420 g/mol. The maximum atomic E-state index is 12.4.